The number of carbonyl (C=O) groups excluding carboxylic acids is 1. The van der Waals surface area contributed by atoms with Crippen LogP contribution in [0.25, 0.3) is 0 Å². The topological polar surface area (TPSA) is 52.6 Å². The molecule has 1 aliphatic rings. The van der Waals surface area contributed by atoms with Gasteiger partial charge in [0.25, 0.3) is 0 Å². The normalized spacial score (nSPS) is 19.2. The lowest BCUT2D eigenvalue weighted by atomic mass is 10.1. The second kappa shape index (κ2) is 6.86. The number of aryl methyl sites for hydroxylation is 2. The quantitative estimate of drug-likeness (QED) is 0.864. The Balaban J connectivity index is 1.85. The predicted molar refractivity (Wildman–Crippen MR) is 80.8 cm³/mol. The van der Waals surface area contributed by atoms with Crippen molar-refractivity contribution in [1.29, 1.82) is 0 Å². The zero-order valence-electron chi connectivity index (χ0n) is 12.4. The van der Waals surface area contributed by atoms with Crippen molar-refractivity contribution < 1.29 is 9.90 Å². The molecule has 0 spiro atoms. The zero-order chi connectivity index (χ0) is 14.5. The van der Waals surface area contributed by atoms with Crippen molar-refractivity contribution in [2.24, 2.45) is 5.92 Å². The molecule has 4 nitrogen and oxygen atoms in total. The third-order valence-electron chi connectivity index (χ3n) is 3.94. The van der Waals surface area contributed by atoms with Gasteiger partial charge in [-0.25, -0.2) is 0 Å². The smallest absolute Gasteiger partial charge is 0.238 e. The van der Waals surface area contributed by atoms with Gasteiger partial charge in [-0.2, -0.15) is 0 Å². The van der Waals surface area contributed by atoms with E-state index in [1.807, 2.05) is 32.0 Å². The molecule has 2 N–H and O–H groups in total. The molecule has 1 aromatic rings. The van der Waals surface area contributed by atoms with Gasteiger partial charge in [-0.3, -0.25) is 9.69 Å². The predicted octanol–water partition coefficient (Wildman–Crippen LogP) is 1.95. The molecule has 0 radical (unpaired) electrons. The highest BCUT2D eigenvalue weighted by Gasteiger charge is 2.23. The minimum Gasteiger partial charge on any atom is -0.396 e. The van der Waals surface area contributed by atoms with Crippen LogP contribution in [0.5, 0.6) is 0 Å². The van der Waals surface area contributed by atoms with Crippen molar-refractivity contribution in [3.05, 3.63) is 29.3 Å². The number of aliphatic hydroxyl groups is 1. The van der Waals surface area contributed by atoms with E-state index < -0.39 is 0 Å². The lowest BCUT2D eigenvalue weighted by Gasteiger charge is -2.16. The molecule has 1 heterocycles. The summed E-state index contributed by atoms with van der Waals surface area (Å²) < 4.78 is 0. The molecule has 1 aliphatic heterocycles. The van der Waals surface area contributed by atoms with Gasteiger partial charge >= 0.3 is 0 Å². The first-order valence-electron chi connectivity index (χ1n) is 7.29. The summed E-state index contributed by atoms with van der Waals surface area (Å²) in [4.78, 5) is 14.3. The summed E-state index contributed by atoms with van der Waals surface area (Å²) in [5.74, 6) is 0.580. The Hall–Kier alpha value is -1.39. The maximum absolute atomic E-state index is 12.1. The number of likely N-dealkylation sites (tertiary alicyclic amines) is 1. The second-order valence-corrected chi connectivity index (χ2v) is 5.77. The minimum atomic E-state index is 0.0448. The van der Waals surface area contributed by atoms with Gasteiger partial charge in [0.1, 0.15) is 0 Å². The van der Waals surface area contributed by atoms with E-state index in [9.17, 15) is 4.79 Å². The number of rotatable bonds is 5. The van der Waals surface area contributed by atoms with E-state index in [1.165, 1.54) is 0 Å². The summed E-state index contributed by atoms with van der Waals surface area (Å²) in [5.41, 5.74) is 3.14. The molecule has 0 saturated carbocycles. The molecule has 4 heteroatoms. The van der Waals surface area contributed by atoms with E-state index in [1.54, 1.807) is 0 Å². The van der Waals surface area contributed by atoms with E-state index in [2.05, 4.69) is 10.2 Å². The average Bonchev–Trinajstić information content (AvgIpc) is 2.81. The molecule has 1 amide bonds. The van der Waals surface area contributed by atoms with Crippen molar-refractivity contribution in [2.75, 3.05) is 31.6 Å². The SMILES string of the molecule is Cc1ccc(C)c(NC(=O)CN2CCC(CCO)C2)c1. The highest BCUT2D eigenvalue weighted by atomic mass is 16.3. The number of hydrogen-bond donors (Lipinski definition) is 2. The second-order valence-electron chi connectivity index (χ2n) is 5.77. The number of aliphatic hydroxyl groups excluding tert-OH is 1. The van der Waals surface area contributed by atoms with Crippen LogP contribution >= 0.6 is 0 Å². The molecule has 110 valence electrons. The fourth-order valence-corrected chi connectivity index (χ4v) is 2.74. The summed E-state index contributed by atoms with van der Waals surface area (Å²) in [6, 6.07) is 6.08. The lowest BCUT2D eigenvalue weighted by Crippen LogP contribution is -2.31. The monoisotopic (exact) mass is 276 g/mol. The summed E-state index contributed by atoms with van der Waals surface area (Å²) >= 11 is 0. The van der Waals surface area contributed by atoms with Gasteiger partial charge in [0.2, 0.25) is 5.91 Å². The van der Waals surface area contributed by atoms with Crippen molar-refractivity contribution in [1.82, 2.24) is 4.90 Å². The Morgan fingerprint density at radius 1 is 1.45 bits per heavy atom. The number of nitrogens with one attached hydrogen (secondary N) is 1. The molecule has 1 saturated heterocycles. The Labute approximate surface area is 120 Å². The maximum Gasteiger partial charge on any atom is 0.238 e. The van der Waals surface area contributed by atoms with Crippen molar-refractivity contribution in [2.45, 2.75) is 26.7 Å². The molecular weight excluding hydrogens is 252 g/mol. The van der Waals surface area contributed by atoms with Crippen LogP contribution in [-0.4, -0.2) is 42.2 Å². The van der Waals surface area contributed by atoms with Gasteiger partial charge < -0.3 is 10.4 Å². The van der Waals surface area contributed by atoms with Crippen LogP contribution in [0.15, 0.2) is 18.2 Å². The fraction of sp³-hybridized carbons (Fsp3) is 0.562. The molecule has 0 aromatic heterocycles. The molecule has 1 unspecified atom stereocenters. The van der Waals surface area contributed by atoms with E-state index in [0.29, 0.717) is 12.5 Å². The largest absolute Gasteiger partial charge is 0.396 e. The highest BCUT2D eigenvalue weighted by molar-refractivity contribution is 5.93. The Bertz CT molecular complexity index is 474. The third-order valence-corrected chi connectivity index (χ3v) is 3.94. The van der Waals surface area contributed by atoms with Crippen LogP contribution in [0.3, 0.4) is 0 Å². The van der Waals surface area contributed by atoms with Crippen LogP contribution in [0.4, 0.5) is 5.69 Å². The number of anilines is 1. The number of nitrogens with zero attached hydrogens (tertiary/aromatic N) is 1. The Morgan fingerprint density at radius 3 is 3.00 bits per heavy atom. The molecule has 20 heavy (non-hydrogen) atoms. The first-order chi connectivity index (χ1) is 9.58. The van der Waals surface area contributed by atoms with Gasteiger partial charge in [-0.05, 0) is 56.3 Å². The summed E-state index contributed by atoms with van der Waals surface area (Å²) in [6.07, 6.45) is 1.92. The molecule has 0 aliphatic carbocycles. The number of hydrogen-bond acceptors (Lipinski definition) is 3. The van der Waals surface area contributed by atoms with Crippen molar-refractivity contribution in [3.63, 3.8) is 0 Å². The zero-order valence-corrected chi connectivity index (χ0v) is 12.4. The maximum atomic E-state index is 12.1. The van der Waals surface area contributed by atoms with Gasteiger partial charge in [-0.15, -0.1) is 0 Å². The Kier molecular flexibility index (Phi) is 5.15. The summed E-state index contributed by atoms with van der Waals surface area (Å²) in [5, 5.41) is 11.9. The molecule has 1 fully saturated rings. The summed E-state index contributed by atoms with van der Waals surface area (Å²) in [7, 11) is 0. The van der Waals surface area contributed by atoms with Crippen LogP contribution < -0.4 is 5.32 Å². The standard InChI is InChI=1S/C16H24N2O2/c1-12-3-4-13(2)15(9-12)17-16(20)11-18-7-5-14(10-18)6-8-19/h3-4,9,14,19H,5-8,10-11H2,1-2H3,(H,17,20). The first kappa shape index (κ1) is 15.0. The van der Waals surface area contributed by atoms with E-state index >= 15 is 0 Å². The highest BCUT2D eigenvalue weighted by Crippen LogP contribution is 2.20. The van der Waals surface area contributed by atoms with Crippen LogP contribution in [0, 0.1) is 19.8 Å². The molecule has 1 atom stereocenters. The first-order valence-corrected chi connectivity index (χ1v) is 7.29. The van der Waals surface area contributed by atoms with Crippen LogP contribution in [0.1, 0.15) is 24.0 Å². The third kappa shape index (κ3) is 4.05. The average molecular weight is 276 g/mol. The fourth-order valence-electron chi connectivity index (χ4n) is 2.74. The van der Waals surface area contributed by atoms with Crippen LogP contribution in [0.2, 0.25) is 0 Å². The van der Waals surface area contributed by atoms with Crippen LogP contribution in [-0.2, 0) is 4.79 Å². The van der Waals surface area contributed by atoms with Gasteiger partial charge in [0, 0.05) is 18.8 Å². The van der Waals surface area contributed by atoms with Gasteiger partial charge in [-0.1, -0.05) is 12.1 Å². The molecule has 1 aromatic carbocycles. The van der Waals surface area contributed by atoms with E-state index in [0.717, 1.165) is 42.7 Å². The summed E-state index contributed by atoms with van der Waals surface area (Å²) in [6.45, 7) is 6.57. The van der Waals surface area contributed by atoms with E-state index in [4.69, 9.17) is 5.11 Å². The van der Waals surface area contributed by atoms with Gasteiger partial charge in [0.15, 0.2) is 0 Å². The van der Waals surface area contributed by atoms with E-state index in [-0.39, 0.29) is 12.5 Å². The van der Waals surface area contributed by atoms with Crippen molar-refractivity contribution in [3.8, 4) is 0 Å². The number of benzene rings is 1. The lowest BCUT2D eigenvalue weighted by molar-refractivity contribution is -0.117. The molecular formula is C16H24N2O2. The van der Waals surface area contributed by atoms with Gasteiger partial charge in [0.05, 0.1) is 6.54 Å². The Morgan fingerprint density at radius 2 is 2.25 bits per heavy atom. The molecule has 0 bridgehead atoms. The number of carbonyl (C=O) groups is 1. The molecule has 2 rings (SSSR count). The minimum absolute atomic E-state index is 0.0448. The number of amides is 1. The van der Waals surface area contributed by atoms with Crippen molar-refractivity contribution >= 4 is 11.6 Å².